The highest BCUT2D eigenvalue weighted by Gasteiger charge is 2.13. The second kappa shape index (κ2) is 4.42. The summed E-state index contributed by atoms with van der Waals surface area (Å²) in [6.45, 7) is 1.95. The van der Waals surface area contributed by atoms with Crippen molar-refractivity contribution >= 4 is 16.9 Å². The van der Waals surface area contributed by atoms with Gasteiger partial charge in [0, 0.05) is 10.9 Å². The van der Waals surface area contributed by atoms with Crippen LogP contribution in [0.3, 0.4) is 0 Å². The number of carboxylic acid groups (broad SMARTS) is 1. The molecule has 0 amide bonds. The molecule has 20 heavy (non-hydrogen) atoms. The van der Waals surface area contributed by atoms with E-state index in [4.69, 9.17) is 9.52 Å². The number of para-hydroxylation sites is 1. The van der Waals surface area contributed by atoms with Crippen molar-refractivity contribution in [3.05, 3.63) is 53.6 Å². The summed E-state index contributed by atoms with van der Waals surface area (Å²) in [5.74, 6) is -0.845. The number of fused-ring (bicyclic) bond motifs is 1. The molecule has 3 aromatic rings. The zero-order valence-electron chi connectivity index (χ0n) is 10.8. The van der Waals surface area contributed by atoms with E-state index in [0.29, 0.717) is 11.3 Å². The second-order valence-electron chi connectivity index (χ2n) is 4.64. The maximum atomic E-state index is 11.0. The molecule has 2 N–H and O–H groups in total. The van der Waals surface area contributed by atoms with Crippen molar-refractivity contribution in [2.75, 3.05) is 0 Å². The second-order valence-corrected chi connectivity index (χ2v) is 4.64. The standard InChI is InChI=1S/C16H12O4/c1-9-3-2-4-11-8-14(20-15(9)11)10-5-6-13(17)12(7-10)16(18)19/h2-8,17H,1H3,(H,18,19). The number of rotatable bonds is 2. The fraction of sp³-hybridized carbons (Fsp3) is 0.0625. The van der Waals surface area contributed by atoms with Crippen LogP contribution in [0.15, 0.2) is 46.9 Å². The SMILES string of the molecule is Cc1cccc2cc(-c3ccc(O)c(C(=O)O)c3)oc12. The van der Waals surface area contributed by atoms with Crippen molar-refractivity contribution in [1.29, 1.82) is 0 Å². The van der Waals surface area contributed by atoms with E-state index in [-0.39, 0.29) is 11.3 Å². The average Bonchev–Trinajstić information content (AvgIpc) is 2.84. The van der Waals surface area contributed by atoms with Crippen LogP contribution in [0.5, 0.6) is 5.75 Å². The van der Waals surface area contributed by atoms with E-state index in [1.165, 1.54) is 12.1 Å². The molecule has 0 saturated heterocycles. The number of furan rings is 1. The van der Waals surface area contributed by atoms with Gasteiger partial charge in [0.25, 0.3) is 0 Å². The lowest BCUT2D eigenvalue weighted by Crippen LogP contribution is -1.96. The van der Waals surface area contributed by atoms with Gasteiger partial charge in [-0.1, -0.05) is 18.2 Å². The molecule has 4 nitrogen and oxygen atoms in total. The number of hydrogen-bond acceptors (Lipinski definition) is 3. The van der Waals surface area contributed by atoms with Crippen LogP contribution in [0.2, 0.25) is 0 Å². The predicted molar refractivity (Wildman–Crippen MR) is 75.0 cm³/mol. The Hall–Kier alpha value is -2.75. The molecule has 1 aromatic heterocycles. The fourth-order valence-corrected chi connectivity index (χ4v) is 2.21. The van der Waals surface area contributed by atoms with Gasteiger partial charge in [0.15, 0.2) is 0 Å². The molecule has 2 aromatic carbocycles. The third-order valence-corrected chi connectivity index (χ3v) is 3.25. The lowest BCUT2D eigenvalue weighted by atomic mass is 10.1. The summed E-state index contributed by atoms with van der Waals surface area (Å²) in [5, 5.41) is 19.5. The van der Waals surface area contributed by atoms with Gasteiger partial charge in [-0.3, -0.25) is 0 Å². The molecule has 0 aliphatic carbocycles. The number of aromatic hydroxyl groups is 1. The number of benzene rings is 2. The lowest BCUT2D eigenvalue weighted by Gasteiger charge is -2.02. The minimum atomic E-state index is -1.17. The number of aryl methyl sites for hydroxylation is 1. The zero-order chi connectivity index (χ0) is 14.3. The highest BCUT2D eigenvalue weighted by atomic mass is 16.4. The molecule has 0 aliphatic rings. The molecule has 0 bridgehead atoms. The molecule has 0 unspecified atom stereocenters. The van der Waals surface area contributed by atoms with E-state index in [9.17, 15) is 9.90 Å². The smallest absolute Gasteiger partial charge is 0.339 e. The molecule has 3 rings (SSSR count). The summed E-state index contributed by atoms with van der Waals surface area (Å²) in [6, 6.07) is 12.1. The van der Waals surface area contributed by atoms with Crippen molar-refractivity contribution in [3.63, 3.8) is 0 Å². The minimum Gasteiger partial charge on any atom is -0.507 e. The monoisotopic (exact) mass is 268 g/mol. The lowest BCUT2D eigenvalue weighted by molar-refractivity contribution is 0.0694. The van der Waals surface area contributed by atoms with Crippen molar-refractivity contribution in [3.8, 4) is 17.1 Å². The molecule has 0 atom stereocenters. The van der Waals surface area contributed by atoms with Crippen LogP contribution in [-0.4, -0.2) is 16.2 Å². The highest BCUT2D eigenvalue weighted by molar-refractivity contribution is 5.93. The van der Waals surface area contributed by atoms with Crippen LogP contribution < -0.4 is 0 Å². The fourth-order valence-electron chi connectivity index (χ4n) is 2.21. The summed E-state index contributed by atoms with van der Waals surface area (Å²) in [4.78, 5) is 11.0. The van der Waals surface area contributed by atoms with E-state index >= 15 is 0 Å². The van der Waals surface area contributed by atoms with Crippen LogP contribution in [0.4, 0.5) is 0 Å². The van der Waals surface area contributed by atoms with Crippen molar-refractivity contribution in [2.24, 2.45) is 0 Å². The van der Waals surface area contributed by atoms with Gasteiger partial charge in [-0.25, -0.2) is 4.79 Å². The number of hydrogen-bond donors (Lipinski definition) is 2. The number of carboxylic acids is 1. The van der Waals surface area contributed by atoms with Crippen molar-refractivity contribution in [2.45, 2.75) is 6.92 Å². The largest absolute Gasteiger partial charge is 0.507 e. The molecule has 0 spiro atoms. The van der Waals surface area contributed by atoms with Gasteiger partial charge < -0.3 is 14.6 Å². The van der Waals surface area contributed by atoms with Crippen LogP contribution >= 0.6 is 0 Å². The molecule has 1 heterocycles. The topological polar surface area (TPSA) is 70.7 Å². The summed E-state index contributed by atoms with van der Waals surface area (Å²) in [7, 11) is 0. The van der Waals surface area contributed by atoms with E-state index < -0.39 is 5.97 Å². The van der Waals surface area contributed by atoms with Crippen LogP contribution in [-0.2, 0) is 0 Å². The first-order valence-electron chi connectivity index (χ1n) is 6.12. The van der Waals surface area contributed by atoms with E-state index in [1.54, 1.807) is 6.07 Å². The number of aromatic carboxylic acids is 1. The number of carbonyl (C=O) groups is 1. The molecule has 100 valence electrons. The highest BCUT2D eigenvalue weighted by Crippen LogP contribution is 2.31. The first-order valence-corrected chi connectivity index (χ1v) is 6.12. The van der Waals surface area contributed by atoms with Crippen LogP contribution in [0.25, 0.3) is 22.3 Å². The molecule has 0 fully saturated rings. The van der Waals surface area contributed by atoms with Gasteiger partial charge in [-0.15, -0.1) is 0 Å². The molecule has 0 radical (unpaired) electrons. The quantitative estimate of drug-likeness (QED) is 0.741. The van der Waals surface area contributed by atoms with Crippen molar-refractivity contribution in [1.82, 2.24) is 0 Å². The van der Waals surface area contributed by atoms with Gasteiger partial charge in [0.2, 0.25) is 0 Å². The zero-order valence-corrected chi connectivity index (χ0v) is 10.8. The summed E-state index contributed by atoms with van der Waals surface area (Å²) >= 11 is 0. The molecule has 0 aliphatic heterocycles. The van der Waals surface area contributed by atoms with Gasteiger partial charge in [-0.05, 0) is 36.8 Å². The Morgan fingerprint density at radius 1 is 1.15 bits per heavy atom. The third kappa shape index (κ3) is 1.91. The maximum absolute atomic E-state index is 11.0. The Kier molecular flexibility index (Phi) is 2.71. The molecule has 4 heteroatoms. The van der Waals surface area contributed by atoms with Gasteiger partial charge >= 0.3 is 5.97 Å². The van der Waals surface area contributed by atoms with Crippen LogP contribution in [0.1, 0.15) is 15.9 Å². The Morgan fingerprint density at radius 3 is 2.65 bits per heavy atom. The molecule has 0 saturated carbocycles. The van der Waals surface area contributed by atoms with E-state index in [2.05, 4.69) is 0 Å². The molecular weight excluding hydrogens is 256 g/mol. The summed E-state index contributed by atoms with van der Waals surface area (Å²) < 4.78 is 5.78. The Morgan fingerprint density at radius 2 is 1.95 bits per heavy atom. The summed E-state index contributed by atoms with van der Waals surface area (Å²) in [5.41, 5.74) is 2.29. The van der Waals surface area contributed by atoms with Crippen molar-refractivity contribution < 1.29 is 19.4 Å². The van der Waals surface area contributed by atoms with Gasteiger partial charge in [0.1, 0.15) is 22.7 Å². The Labute approximate surface area is 114 Å². The maximum Gasteiger partial charge on any atom is 0.339 e. The van der Waals surface area contributed by atoms with Gasteiger partial charge in [0.05, 0.1) is 0 Å². The summed E-state index contributed by atoms with van der Waals surface area (Å²) in [6.07, 6.45) is 0. The Balaban J connectivity index is 2.18. The normalized spacial score (nSPS) is 10.8. The van der Waals surface area contributed by atoms with E-state index in [1.807, 2.05) is 31.2 Å². The van der Waals surface area contributed by atoms with Crippen LogP contribution in [0, 0.1) is 6.92 Å². The average molecular weight is 268 g/mol. The Bertz CT molecular complexity index is 814. The minimum absolute atomic E-state index is 0.139. The molecular formula is C16H12O4. The van der Waals surface area contributed by atoms with E-state index in [0.717, 1.165) is 16.5 Å². The van der Waals surface area contributed by atoms with Gasteiger partial charge in [-0.2, -0.15) is 0 Å². The predicted octanol–water partition coefficient (Wildman–Crippen LogP) is 3.81. The first-order chi connectivity index (χ1) is 9.56. The number of phenols is 1. The third-order valence-electron chi connectivity index (χ3n) is 3.25. The first kappa shape index (κ1) is 12.3.